The molecule has 106 valence electrons. The third kappa shape index (κ3) is 2.72. The van der Waals surface area contributed by atoms with Gasteiger partial charge in [0, 0.05) is 16.5 Å². The van der Waals surface area contributed by atoms with Crippen LogP contribution in [0, 0.1) is 0 Å². The summed E-state index contributed by atoms with van der Waals surface area (Å²) in [5, 5.41) is 6.54. The summed E-state index contributed by atoms with van der Waals surface area (Å²) < 4.78 is 0. The normalized spacial score (nSPS) is 10.5. The molecule has 21 heavy (non-hydrogen) atoms. The van der Waals surface area contributed by atoms with Gasteiger partial charge in [0.15, 0.2) is 0 Å². The number of nitrogens with zero attached hydrogens (tertiary/aromatic N) is 1. The summed E-state index contributed by atoms with van der Waals surface area (Å²) >= 11 is 1.61. The molecule has 2 aromatic heterocycles. The molecule has 0 spiro atoms. The molecule has 0 atom stereocenters. The van der Waals surface area contributed by atoms with Crippen LogP contribution in [0.15, 0.2) is 48.0 Å². The van der Waals surface area contributed by atoms with Crippen molar-refractivity contribution in [3.8, 4) is 0 Å². The molecule has 0 saturated carbocycles. The third-order valence-corrected chi connectivity index (χ3v) is 4.06. The smallest absolute Gasteiger partial charge is 0.253 e. The number of hydrogen-bond acceptors (Lipinski definition) is 5. The predicted molar refractivity (Wildman–Crippen MR) is 85.0 cm³/mol. The zero-order valence-electron chi connectivity index (χ0n) is 11.2. The molecule has 1 amide bonds. The van der Waals surface area contributed by atoms with Crippen molar-refractivity contribution in [2.24, 2.45) is 5.84 Å². The fourth-order valence-corrected chi connectivity index (χ4v) is 2.81. The molecule has 0 aliphatic carbocycles. The Morgan fingerprint density at radius 2 is 2.00 bits per heavy atom. The third-order valence-electron chi connectivity index (χ3n) is 3.18. The largest absolute Gasteiger partial charge is 0.347 e. The minimum Gasteiger partial charge on any atom is -0.347 e. The lowest BCUT2D eigenvalue weighted by Crippen LogP contribution is -2.23. The molecule has 0 aliphatic rings. The summed E-state index contributed by atoms with van der Waals surface area (Å²) in [6.07, 6.45) is 1.54. The number of nitrogen functional groups attached to an aromatic ring is 1. The number of amides is 1. The summed E-state index contributed by atoms with van der Waals surface area (Å²) in [6, 6.07) is 11.5. The van der Waals surface area contributed by atoms with Crippen LogP contribution in [0.1, 0.15) is 15.2 Å². The number of hydrogen-bond donors (Lipinski definition) is 3. The maximum Gasteiger partial charge on any atom is 0.253 e. The molecular formula is C15H14N4OS. The van der Waals surface area contributed by atoms with Crippen molar-refractivity contribution < 1.29 is 4.79 Å². The zero-order chi connectivity index (χ0) is 14.7. The van der Waals surface area contributed by atoms with Crippen LogP contribution in [0.25, 0.3) is 10.8 Å². The van der Waals surface area contributed by atoms with E-state index in [0.29, 0.717) is 17.9 Å². The van der Waals surface area contributed by atoms with Crippen LogP contribution >= 0.6 is 11.3 Å². The number of nitrogens with two attached hydrogens (primary N) is 1. The highest BCUT2D eigenvalue weighted by Gasteiger charge is 2.12. The first-order chi connectivity index (χ1) is 10.3. The van der Waals surface area contributed by atoms with Crippen LogP contribution < -0.4 is 16.6 Å². The summed E-state index contributed by atoms with van der Waals surface area (Å²) in [4.78, 5) is 17.7. The average molecular weight is 298 g/mol. The number of carbonyl (C=O) groups is 1. The maximum atomic E-state index is 12.4. The van der Waals surface area contributed by atoms with E-state index >= 15 is 0 Å². The number of fused-ring (bicyclic) bond motifs is 1. The van der Waals surface area contributed by atoms with Gasteiger partial charge in [-0.25, -0.2) is 10.8 Å². The van der Waals surface area contributed by atoms with Gasteiger partial charge >= 0.3 is 0 Å². The second kappa shape index (κ2) is 5.90. The van der Waals surface area contributed by atoms with Gasteiger partial charge in [-0.2, -0.15) is 0 Å². The van der Waals surface area contributed by atoms with Gasteiger partial charge in [-0.3, -0.25) is 4.79 Å². The fraction of sp³-hybridized carbons (Fsp3) is 0.0667. The van der Waals surface area contributed by atoms with Crippen LogP contribution in [-0.4, -0.2) is 10.9 Å². The number of thiophene rings is 1. The number of rotatable bonds is 4. The summed E-state index contributed by atoms with van der Waals surface area (Å²) in [5.41, 5.74) is 3.09. The SMILES string of the molecule is NNc1ncc(C(=O)NCc2cccs2)c2ccccc12. The highest BCUT2D eigenvalue weighted by atomic mass is 32.1. The van der Waals surface area contributed by atoms with Crippen LogP contribution in [0.2, 0.25) is 0 Å². The van der Waals surface area contributed by atoms with Crippen molar-refractivity contribution in [1.29, 1.82) is 0 Å². The van der Waals surface area contributed by atoms with Crippen molar-refractivity contribution >= 4 is 33.8 Å². The Kier molecular flexibility index (Phi) is 3.81. The minimum atomic E-state index is -0.143. The Morgan fingerprint density at radius 3 is 2.71 bits per heavy atom. The number of benzene rings is 1. The first-order valence-electron chi connectivity index (χ1n) is 6.44. The van der Waals surface area contributed by atoms with Gasteiger partial charge in [-0.1, -0.05) is 30.3 Å². The van der Waals surface area contributed by atoms with Gasteiger partial charge in [0.25, 0.3) is 5.91 Å². The Bertz CT molecular complexity index is 770. The van der Waals surface area contributed by atoms with E-state index in [1.54, 1.807) is 17.5 Å². The quantitative estimate of drug-likeness (QED) is 0.511. The molecule has 2 heterocycles. The molecule has 0 unspecified atom stereocenters. The highest BCUT2D eigenvalue weighted by molar-refractivity contribution is 7.09. The van der Waals surface area contributed by atoms with Crippen LogP contribution in [0.5, 0.6) is 0 Å². The maximum absolute atomic E-state index is 12.4. The molecule has 3 rings (SSSR count). The Balaban J connectivity index is 1.91. The second-order valence-corrected chi connectivity index (χ2v) is 5.50. The van der Waals surface area contributed by atoms with E-state index in [0.717, 1.165) is 15.6 Å². The molecule has 0 bridgehead atoms. The van der Waals surface area contributed by atoms with Gasteiger partial charge in [-0.05, 0) is 16.8 Å². The van der Waals surface area contributed by atoms with Crippen molar-refractivity contribution in [1.82, 2.24) is 10.3 Å². The average Bonchev–Trinajstić information content (AvgIpc) is 3.05. The molecule has 0 aliphatic heterocycles. The van der Waals surface area contributed by atoms with Gasteiger partial charge < -0.3 is 10.7 Å². The summed E-state index contributed by atoms with van der Waals surface area (Å²) in [6.45, 7) is 0.516. The highest BCUT2D eigenvalue weighted by Crippen LogP contribution is 2.23. The number of aromatic nitrogens is 1. The van der Waals surface area contributed by atoms with Crippen molar-refractivity contribution in [2.45, 2.75) is 6.54 Å². The number of carbonyl (C=O) groups excluding carboxylic acids is 1. The van der Waals surface area contributed by atoms with Crippen molar-refractivity contribution in [2.75, 3.05) is 5.43 Å². The van der Waals surface area contributed by atoms with E-state index in [1.165, 1.54) is 0 Å². The van der Waals surface area contributed by atoms with Crippen molar-refractivity contribution in [3.63, 3.8) is 0 Å². The molecular weight excluding hydrogens is 284 g/mol. The lowest BCUT2D eigenvalue weighted by atomic mass is 10.1. The fourth-order valence-electron chi connectivity index (χ4n) is 2.16. The molecule has 5 nitrogen and oxygen atoms in total. The van der Waals surface area contributed by atoms with E-state index in [1.807, 2.05) is 41.8 Å². The predicted octanol–water partition coefficient (Wildman–Crippen LogP) is 2.51. The van der Waals surface area contributed by atoms with E-state index in [9.17, 15) is 4.79 Å². The molecule has 1 aromatic carbocycles. The lowest BCUT2D eigenvalue weighted by Gasteiger charge is -2.10. The first-order valence-corrected chi connectivity index (χ1v) is 7.32. The first kappa shape index (κ1) is 13.5. The monoisotopic (exact) mass is 298 g/mol. The van der Waals surface area contributed by atoms with Gasteiger partial charge in [-0.15, -0.1) is 11.3 Å². The molecule has 3 aromatic rings. The number of hydrazine groups is 1. The number of anilines is 1. The standard InChI is InChI=1S/C15H14N4OS/c16-19-14-12-6-2-1-5-11(12)13(9-17-14)15(20)18-8-10-4-3-7-21-10/h1-7,9H,8,16H2,(H,17,19)(H,18,20). The van der Waals surface area contributed by atoms with Gasteiger partial charge in [0.1, 0.15) is 5.82 Å². The molecule has 0 saturated heterocycles. The molecule has 0 radical (unpaired) electrons. The number of nitrogens with one attached hydrogen (secondary N) is 2. The second-order valence-electron chi connectivity index (χ2n) is 4.47. The van der Waals surface area contributed by atoms with Gasteiger partial charge in [0.2, 0.25) is 0 Å². The lowest BCUT2D eigenvalue weighted by molar-refractivity contribution is 0.0952. The molecule has 4 N–H and O–H groups in total. The summed E-state index contributed by atoms with van der Waals surface area (Å²) in [5.74, 6) is 5.87. The van der Waals surface area contributed by atoms with Crippen LogP contribution in [0.3, 0.4) is 0 Å². The topological polar surface area (TPSA) is 80.0 Å². The van der Waals surface area contributed by atoms with Crippen molar-refractivity contribution in [3.05, 3.63) is 58.4 Å². The Labute approximate surface area is 125 Å². The minimum absolute atomic E-state index is 0.143. The van der Waals surface area contributed by atoms with Crippen LogP contribution in [0.4, 0.5) is 5.82 Å². The molecule has 0 fully saturated rings. The van der Waals surface area contributed by atoms with E-state index in [2.05, 4.69) is 15.7 Å². The number of pyridine rings is 1. The Morgan fingerprint density at radius 1 is 1.19 bits per heavy atom. The zero-order valence-corrected chi connectivity index (χ0v) is 12.0. The van der Waals surface area contributed by atoms with Gasteiger partial charge in [0.05, 0.1) is 12.1 Å². The van der Waals surface area contributed by atoms with Crippen LogP contribution in [-0.2, 0) is 6.54 Å². The Hall–Kier alpha value is -2.44. The summed E-state index contributed by atoms with van der Waals surface area (Å²) in [7, 11) is 0. The van der Waals surface area contributed by atoms with E-state index in [4.69, 9.17) is 5.84 Å². The molecule has 6 heteroatoms. The van der Waals surface area contributed by atoms with E-state index in [-0.39, 0.29) is 5.91 Å². The van der Waals surface area contributed by atoms with E-state index < -0.39 is 0 Å².